The summed E-state index contributed by atoms with van der Waals surface area (Å²) in [7, 11) is 0. The zero-order valence-electron chi connectivity index (χ0n) is 10.9. The van der Waals surface area contributed by atoms with Gasteiger partial charge in [-0.1, -0.05) is 26.0 Å². The first-order valence-electron chi connectivity index (χ1n) is 6.09. The first kappa shape index (κ1) is 13.7. The van der Waals surface area contributed by atoms with Crippen LogP contribution in [0.25, 0.3) is 0 Å². The third-order valence-electron chi connectivity index (χ3n) is 2.82. The van der Waals surface area contributed by atoms with Crippen molar-refractivity contribution < 1.29 is 4.79 Å². The largest absolute Gasteiger partial charge is 0.322 e. The van der Waals surface area contributed by atoms with Crippen molar-refractivity contribution in [1.82, 2.24) is 4.98 Å². The van der Waals surface area contributed by atoms with Gasteiger partial charge in [0.1, 0.15) is 4.60 Å². The molecule has 1 N–H and O–H groups in total. The molecule has 19 heavy (non-hydrogen) atoms. The van der Waals surface area contributed by atoms with Gasteiger partial charge in [-0.2, -0.15) is 0 Å². The predicted octanol–water partition coefficient (Wildman–Crippen LogP) is 4.22. The number of halogens is 1. The van der Waals surface area contributed by atoms with E-state index in [9.17, 15) is 4.79 Å². The van der Waals surface area contributed by atoms with E-state index in [4.69, 9.17) is 0 Å². The SMILES string of the molecule is CC(C)c1ccc(NC(=O)c2ccnc(Br)c2)cc1. The topological polar surface area (TPSA) is 42.0 Å². The van der Waals surface area contributed by atoms with Gasteiger partial charge in [0.05, 0.1) is 0 Å². The molecule has 0 aliphatic carbocycles. The van der Waals surface area contributed by atoms with Crippen LogP contribution in [0.4, 0.5) is 5.69 Å². The third-order valence-corrected chi connectivity index (χ3v) is 3.26. The monoisotopic (exact) mass is 318 g/mol. The molecule has 1 aromatic heterocycles. The van der Waals surface area contributed by atoms with Crippen molar-refractivity contribution in [3.63, 3.8) is 0 Å². The number of carbonyl (C=O) groups excluding carboxylic acids is 1. The maximum atomic E-state index is 12.0. The molecule has 4 heteroatoms. The Balaban J connectivity index is 2.10. The number of amides is 1. The lowest BCUT2D eigenvalue weighted by molar-refractivity contribution is 0.102. The maximum absolute atomic E-state index is 12.0. The summed E-state index contributed by atoms with van der Waals surface area (Å²) in [6, 6.07) is 11.3. The van der Waals surface area contributed by atoms with E-state index in [1.807, 2.05) is 24.3 Å². The molecule has 0 atom stereocenters. The van der Waals surface area contributed by atoms with Crippen molar-refractivity contribution in [2.24, 2.45) is 0 Å². The van der Waals surface area contributed by atoms with Gasteiger partial charge in [0.2, 0.25) is 0 Å². The van der Waals surface area contributed by atoms with Crippen molar-refractivity contribution in [2.75, 3.05) is 5.32 Å². The first-order chi connectivity index (χ1) is 9.06. The summed E-state index contributed by atoms with van der Waals surface area (Å²) in [6.07, 6.45) is 1.60. The van der Waals surface area contributed by atoms with Crippen molar-refractivity contribution in [1.29, 1.82) is 0 Å². The highest BCUT2D eigenvalue weighted by molar-refractivity contribution is 9.10. The molecule has 1 heterocycles. The average Bonchev–Trinajstić information content (AvgIpc) is 2.39. The van der Waals surface area contributed by atoms with Crippen LogP contribution in [-0.2, 0) is 0 Å². The van der Waals surface area contributed by atoms with E-state index in [1.54, 1.807) is 18.3 Å². The molecular formula is C15H15BrN2O. The fourth-order valence-electron chi connectivity index (χ4n) is 1.70. The molecule has 1 aromatic carbocycles. The van der Waals surface area contributed by atoms with Gasteiger partial charge in [0.25, 0.3) is 5.91 Å². The molecule has 0 unspecified atom stereocenters. The Labute approximate surface area is 121 Å². The number of carbonyl (C=O) groups is 1. The molecule has 0 spiro atoms. The van der Waals surface area contributed by atoms with Crippen molar-refractivity contribution in [3.8, 4) is 0 Å². The van der Waals surface area contributed by atoms with Gasteiger partial charge in [0.15, 0.2) is 0 Å². The van der Waals surface area contributed by atoms with Gasteiger partial charge in [0, 0.05) is 17.4 Å². The molecule has 2 aromatic rings. The number of nitrogens with one attached hydrogen (secondary N) is 1. The minimum atomic E-state index is -0.139. The molecule has 98 valence electrons. The van der Waals surface area contributed by atoms with Crippen LogP contribution in [0.1, 0.15) is 35.7 Å². The Morgan fingerprint density at radius 2 is 1.89 bits per heavy atom. The highest BCUT2D eigenvalue weighted by Crippen LogP contribution is 2.18. The normalized spacial score (nSPS) is 10.5. The van der Waals surface area contributed by atoms with Crippen LogP contribution in [0.5, 0.6) is 0 Å². The molecule has 3 nitrogen and oxygen atoms in total. The number of aromatic nitrogens is 1. The zero-order chi connectivity index (χ0) is 13.8. The van der Waals surface area contributed by atoms with E-state index < -0.39 is 0 Å². The summed E-state index contributed by atoms with van der Waals surface area (Å²) >= 11 is 3.25. The fraction of sp³-hybridized carbons (Fsp3) is 0.200. The van der Waals surface area contributed by atoms with Gasteiger partial charge >= 0.3 is 0 Å². The first-order valence-corrected chi connectivity index (χ1v) is 6.88. The number of hydrogen-bond donors (Lipinski definition) is 1. The lowest BCUT2D eigenvalue weighted by atomic mass is 10.0. The molecule has 0 saturated heterocycles. The van der Waals surface area contributed by atoms with Gasteiger partial charge in [-0.15, -0.1) is 0 Å². The van der Waals surface area contributed by atoms with E-state index in [0.29, 0.717) is 16.1 Å². The summed E-state index contributed by atoms with van der Waals surface area (Å²) in [5.41, 5.74) is 2.63. The Kier molecular flexibility index (Phi) is 4.32. The van der Waals surface area contributed by atoms with Crippen LogP contribution >= 0.6 is 15.9 Å². The van der Waals surface area contributed by atoms with Gasteiger partial charge in [-0.05, 0) is 51.7 Å². The molecule has 0 saturated carbocycles. The number of pyridine rings is 1. The smallest absolute Gasteiger partial charge is 0.255 e. The molecule has 0 fully saturated rings. The Hall–Kier alpha value is -1.68. The highest BCUT2D eigenvalue weighted by atomic mass is 79.9. The van der Waals surface area contributed by atoms with Gasteiger partial charge in [-0.25, -0.2) is 4.98 Å². The second kappa shape index (κ2) is 5.97. The maximum Gasteiger partial charge on any atom is 0.255 e. The molecule has 0 radical (unpaired) electrons. The summed E-state index contributed by atoms with van der Waals surface area (Å²) < 4.78 is 0.648. The molecule has 0 aliphatic heterocycles. The van der Waals surface area contributed by atoms with Crippen molar-refractivity contribution >= 4 is 27.5 Å². The Morgan fingerprint density at radius 1 is 1.21 bits per heavy atom. The average molecular weight is 319 g/mol. The van der Waals surface area contributed by atoms with Crippen LogP contribution in [0.2, 0.25) is 0 Å². The number of anilines is 1. The summed E-state index contributed by atoms with van der Waals surface area (Å²) in [4.78, 5) is 16.0. The number of rotatable bonds is 3. The number of benzene rings is 1. The zero-order valence-corrected chi connectivity index (χ0v) is 12.4. The van der Waals surface area contributed by atoms with Crippen LogP contribution in [0, 0.1) is 0 Å². The number of hydrogen-bond acceptors (Lipinski definition) is 2. The third kappa shape index (κ3) is 3.64. The minimum Gasteiger partial charge on any atom is -0.322 e. The quantitative estimate of drug-likeness (QED) is 0.861. The Morgan fingerprint density at radius 3 is 2.47 bits per heavy atom. The molecule has 2 rings (SSSR count). The standard InChI is InChI=1S/C15H15BrN2O/c1-10(2)11-3-5-13(6-4-11)18-15(19)12-7-8-17-14(16)9-12/h3-10H,1-2H3,(H,18,19). The van der Waals surface area contributed by atoms with E-state index >= 15 is 0 Å². The molecular weight excluding hydrogens is 304 g/mol. The van der Waals surface area contributed by atoms with Crippen molar-refractivity contribution in [2.45, 2.75) is 19.8 Å². The van der Waals surface area contributed by atoms with Crippen LogP contribution in [-0.4, -0.2) is 10.9 Å². The van der Waals surface area contributed by atoms with E-state index in [0.717, 1.165) is 5.69 Å². The van der Waals surface area contributed by atoms with E-state index in [-0.39, 0.29) is 5.91 Å². The highest BCUT2D eigenvalue weighted by Gasteiger charge is 2.07. The van der Waals surface area contributed by atoms with E-state index in [1.165, 1.54) is 5.56 Å². The lowest BCUT2D eigenvalue weighted by Crippen LogP contribution is -2.12. The predicted molar refractivity (Wildman–Crippen MR) is 80.4 cm³/mol. The van der Waals surface area contributed by atoms with Gasteiger partial charge in [-0.3, -0.25) is 4.79 Å². The Bertz CT molecular complexity index is 579. The van der Waals surface area contributed by atoms with E-state index in [2.05, 4.69) is 40.1 Å². The molecule has 0 bridgehead atoms. The summed E-state index contributed by atoms with van der Waals surface area (Å²) in [6.45, 7) is 4.28. The molecule has 1 amide bonds. The van der Waals surface area contributed by atoms with Gasteiger partial charge < -0.3 is 5.32 Å². The molecule has 0 aliphatic rings. The number of nitrogens with zero attached hydrogens (tertiary/aromatic N) is 1. The minimum absolute atomic E-state index is 0.139. The van der Waals surface area contributed by atoms with Crippen LogP contribution in [0.3, 0.4) is 0 Å². The van der Waals surface area contributed by atoms with Crippen LogP contribution < -0.4 is 5.32 Å². The lowest BCUT2D eigenvalue weighted by Gasteiger charge is -2.08. The summed E-state index contributed by atoms with van der Waals surface area (Å²) in [5, 5.41) is 2.86. The fourth-order valence-corrected chi connectivity index (χ4v) is 2.06. The van der Waals surface area contributed by atoms with Crippen LogP contribution in [0.15, 0.2) is 47.2 Å². The summed E-state index contributed by atoms with van der Waals surface area (Å²) in [5.74, 6) is 0.348. The second-order valence-electron chi connectivity index (χ2n) is 4.60. The second-order valence-corrected chi connectivity index (χ2v) is 5.41. The van der Waals surface area contributed by atoms with Crippen molar-refractivity contribution in [3.05, 3.63) is 58.3 Å².